The molecule has 1 aromatic heterocycles. The normalized spacial score (nSPS) is 9.36. The van der Waals surface area contributed by atoms with Gasteiger partial charge in [0.25, 0.3) is 5.91 Å². The van der Waals surface area contributed by atoms with Crippen molar-refractivity contribution >= 4 is 35.2 Å². The van der Waals surface area contributed by atoms with Gasteiger partial charge in [-0.1, -0.05) is 23.2 Å². The van der Waals surface area contributed by atoms with Crippen LogP contribution in [-0.4, -0.2) is 17.0 Å². The summed E-state index contributed by atoms with van der Waals surface area (Å²) < 4.78 is 12.8. The second-order valence-corrected chi connectivity index (χ2v) is 2.82. The van der Waals surface area contributed by atoms with Crippen molar-refractivity contribution in [2.45, 2.75) is 0 Å². The van der Waals surface area contributed by atoms with Gasteiger partial charge < -0.3 is 0 Å². The first-order valence-corrected chi connectivity index (χ1v) is 3.95. The zero-order valence-electron chi connectivity index (χ0n) is 6.42. The van der Waals surface area contributed by atoms with E-state index in [1.165, 1.54) is 0 Å². The first-order chi connectivity index (χ1) is 6.56. The molecule has 0 aliphatic carbocycles. The van der Waals surface area contributed by atoms with Crippen molar-refractivity contribution in [3.05, 3.63) is 27.8 Å². The van der Waals surface area contributed by atoms with E-state index in [2.05, 4.69) is 9.98 Å². The van der Waals surface area contributed by atoms with Gasteiger partial charge in [0.2, 0.25) is 6.08 Å². The lowest BCUT2D eigenvalue weighted by molar-refractivity contribution is 0.100. The fraction of sp³-hybridized carbons (Fsp3) is 0. The van der Waals surface area contributed by atoms with Gasteiger partial charge in [0.1, 0.15) is 5.15 Å². The van der Waals surface area contributed by atoms with Crippen LogP contribution in [0.2, 0.25) is 10.3 Å². The molecule has 0 aliphatic heterocycles. The second-order valence-electron chi connectivity index (χ2n) is 2.11. The lowest BCUT2D eigenvalue weighted by Crippen LogP contribution is -1.99. The SMILES string of the molecule is O=C=NC(=O)c1cc(F)c(Cl)nc1Cl. The number of carbonyl (C=O) groups is 1. The molecule has 0 unspecified atom stereocenters. The molecule has 1 aromatic rings. The number of amides is 1. The number of hydrogen-bond donors (Lipinski definition) is 0. The number of isocyanates is 1. The zero-order chi connectivity index (χ0) is 10.7. The highest BCUT2D eigenvalue weighted by atomic mass is 35.5. The highest BCUT2D eigenvalue weighted by Gasteiger charge is 2.14. The summed E-state index contributed by atoms with van der Waals surface area (Å²) in [6, 6.07) is 0.751. The molecule has 0 bridgehead atoms. The summed E-state index contributed by atoms with van der Waals surface area (Å²) in [5, 5.41) is -0.776. The number of halogens is 3. The monoisotopic (exact) mass is 234 g/mol. The number of rotatable bonds is 1. The third kappa shape index (κ3) is 2.14. The molecule has 0 aliphatic rings. The maximum atomic E-state index is 12.8. The fourth-order valence-corrected chi connectivity index (χ4v) is 1.10. The van der Waals surface area contributed by atoms with Crippen LogP contribution in [0.5, 0.6) is 0 Å². The Morgan fingerprint density at radius 3 is 2.71 bits per heavy atom. The number of aromatic nitrogens is 1. The van der Waals surface area contributed by atoms with Crippen molar-refractivity contribution < 1.29 is 14.0 Å². The summed E-state index contributed by atoms with van der Waals surface area (Å²) in [4.78, 5) is 26.8. The van der Waals surface area contributed by atoms with Gasteiger partial charge in [0.05, 0.1) is 5.56 Å². The average molecular weight is 235 g/mol. The van der Waals surface area contributed by atoms with E-state index in [0.29, 0.717) is 0 Å². The number of carbonyl (C=O) groups excluding carboxylic acids is 2. The minimum absolute atomic E-state index is 0.319. The van der Waals surface area contributed by atoms with E-state index in [1.807, 2.05) is 0 Å². The largest absolute Gasteiger partial charge is 0.290 e. The molecule has 7 heteroatoms. The third-order valence-corrected chi connectivity index (χ3v) is 1.82. The van der Waals surface area contributed by atoms with Gasteiger partial charge in [-0.25, -0.2) is 14.2 Å². The molecule has 1 amide bonds. The molecule has 0 fully saturated rings. The quantitative estimate of drug-likeness (QED) is 0.425. The van der Waals surface area contributed by atoms with Crippen LogP contribution in [0, 0.1) is 5.82 Å². The topological polar surface area (TPSA) is 59.4 Å². The molecule has 0 radical (unpaired) electrons. The molecule has 14 heavy (non-hydrogen) atoms. The summed E-state index contributed by atoms with van der Waals surface area (Å²) >= 11 is 10.7. The molecule has 0 spiro atoms. The van der Waals surface area contributed by atoms with Gasteiger partial charge in [-0.05, 0) is 6.07 Å². The molecule has 1 heterocycles. The predicted octanol–water partition coefficient (Wildman–Crippen LogP) is 2.00. The van der Waals surface area contributed by atoms with Crippen molar-refractivity contribution in [3.8, 4) is 0 Å². The van der Waals surface area contributed by atoms with Crippen LogP contribution in [0.3, 0.4) is 0 Å². The Hall–Kier alpha value is -1.29. The van der Waals surface area contributed by atoms with E-state index in [4.69, 9.17) is 23.2 Å². The number of aliphatic imine (C=N–C) groups is 1. The van der Waals surface area contributed by atoms with Crippen LogP contribution < -0.4 is 0 Å². The first-order valence-electron chi connectivity index (χ1n) is 3.20. The molecule has 0 aromatic carbocycles. The van der Waals surface area contributed by atoms with Gasteiger partial charge in [0, 0.05) is 0 Å². The number of hydrogen-bond acceptors (Lipinski definition) is 3. The van der Waals surface area contributed by atoms with Crippen LogP contribution in [0.1, 0.15) is 10.4 Å². The van der Waals surface area contributed by atoms with Gasteiger partial charge in [0.15, 0.2) is 11.0 Å². The Morgan fingerprint density at radius 1 is 1.50 bits per heavy atom. The number of nitrogens with zero attached hydrogens (tertiary/aromatic N) is 2. The van der Waals surface area contributed by atoms with E-state index in [1.54, 1.807) is 0 Å². The van der Waals surface area contributed by atoms with Crippen molar-refractivity contribution in [1.82, 2.24) is 4.98 Å². The van der Waals surface area contributed by atoms with Crippen LogP contribution in [0.15, 0.2) is 11.1 Å². The lowest BCUT2D eigenvalue weighted by atomic mass is 10.3. The highest BCUT2D eigenvalue weighted by Crippen LogP contribution is 2.20. The minimum atomic E-state index is -1.02. The van der Waals surface area contributed by atoms with Crippen molar-refractivity contribution in [3.63, 3.8) is 0 Å². The Labute approximate surface area is 87.4 Å². The van der Waals surface area contributed by atoms with Crippen molar-refractivity contribution in [1.29, 1.82) is 0 Å². The first kappa shape index (κ1) is 10.8. The summed E-state index contributed by atoms with van der Waals surface area (Å²) in [6.45, 7) is 0. The van der Waals surface area contributed by atoms with Crippen LogP contribution >= 0.6 is 23.2 Å². The van der Waals surface area contributed by atoms with Gasteiger partial charge in [-0.15, -0.1) is 4.99 Å². The molecule has 72 valence electrons. The van der Waals surface area contributed by atoms with Crippen LogP contribution in [-0.2, 0) is 4.79 Å². The molecule has 0 atom stereocenters. The van der Waals surface area contributed by atoms with E-state index < -0.39 is 16.9 Å². The Bertz CT molecular complexity index is 444. The second kappa shape index (κ2) is 4.28. The van der Waals surface area contributed by atoms with Gasteiger partial charge in [-0.3, -0.25) is 4.79 Å². The molecule has 0 saturated carbocycles. The van der Waals surface area contributed by atoms with Crippen LogP contribution in [0.25, 0.3) is 0 Å². The Kier molecular flexibility index (Phi) is 3.30. The minimum Gasteiger partial charge on any atom is -0.266 e. The molecule has 4 nitrogen and oxygen atoms in total. The molecule has 0 saturated heterocycles. The Morgan fingerprint density at radius 2 is 2.14 bits per heavy atom. The molecular formula is C7HCl2FN2O2. The third-order valence-electron chi connectivity index (χ3n) is 1.26. The van der Waals surface area contributed by atoms with Crippen molar-refractivity contribution in [2.75, 3.05) is 0 Å². The summed E-state index contributed by atoms with van der Waals surface area (Å²) in [6.07, 6.45) is 1.01. The van der Waals surface area contributed by atoms with E-state index in [0.717, 1.165) is 12.1 Å². The standard InChI is InChI=1S/C7HCl2FN2O2/c8-5-3(7(14)11-2-13)1-4(10)6(9)12-5/h1H. The van der Waals surface area contributed by atoms with E-state index in [9.17, 15) is 14.0 Å². The molecule has 1 rings (SSSR count). The average Bonchev–Trinajstić information content (AvgIpc) is 2.11. The molecular weight excluding hydrogens is 234 g/mol. The predicted molar refractivity (Wildman–Crippen MR) is 46.7 cm³/mol. The lowest BCUT2D eigenvalue weighted by Gasteiger charge is -1.98. The van der Waals surface area contributed by atoms with Crippen molar-refractivity contribution in [2.24, 2.45) is 4.99 Å². The van der Waals surface area contributed by atoms with E-state index >= 15 is 0 Å². The smallest absolute Gasteiger partial charge is 0.266 e. The van der Waals surface area contributed by atoms with Gasteiger partial charge >= 0.3 is 0 Å². The van der Waals surface area contributed by atoms with Crippen LogP contribution in [0.4, 0.5) is 4.39 Å². The zero-order valence-corrected chi connectivity index (χ0v) is 7.93. The number of pyridine rings is 1. The maximum Gasteiger partial charge on any atom is 0.290 e. The van der Waals surface area contributed by atoms with Gasteiger partial charge in [-0.2, -0.15) is 0 Å². The maximum absolute atomic E-state index is 12.8. The molecule has 0 N–H and O–H groups in total. The fourth-order valence-electron chi connectivity index (χ4n) is 0.697. The summed E-state index contributed by atoms with van der Waals surface area (Å²) in [5.74, 6) is -1.94. The van der Waals surface area contributed by atoms with E-state index in [-0.39, 0.29) is 10.7 Å². The highest BCUT2D eigenvalue weighted by molar-refractivity contribution is 6.34. The summed E-state index contributed by atoms with van der Waals surface area (Å²) in [7, 11) is 0. The summed E-state index contributed by atoms with van der Waals surface area (Å²) in [5.41, 5.74) is -0.336. The Balaban J connectivity index is 3.29.